The van der Waals surface area contributed by atoms with Gasteiger partial charge in [-0.25, -0.2) is 0 Å². The lowest BCUT2D eigenvalue weighted by Gasteiger charge is -2.13. The van der Waals surface area contributed by atoms with E-state index in [1.807, 2.05) is 42.5 Å². The lowest BCUT2D eigenvalue weighted by molar-refractivity contribution is -0.144. The third kappa shape index (κ3) is 3.03. The van der Waals surface area contributed by atoms with E-state index in [1.165, 1.54) is 6.92 Å². The van der Waals surface area contributed by atoms with Gasteiger partial charge in [-0.15, -0.1) is 0 Å². The van der Waals surface area contributed by atoms with Crippen LogP contribution in [-0.2, 0) is 9.59 Å². The van der Waals surface area contributed by atoms with Crippen molar-refractivity contribution in [3.63, 3.8) is 0 Å². The van der Waals surface area contributed by atoms with Crippen LogP contribution < -0.4 is 5.32 Å². The molecule has 0 aliphatic carbocycles. The van der Waals surface area contributed by atoms with Crippen molar-refractivity contribution in [2.45, 2.75) is 6.92 Å². The summed E-state index contributed by atoms with van der Waals surface area (Å²) in [5, 5.41) is 11.5. The highest BCUT2D eigenvalue weighted by Gasteiger charge is 2.21. The Morgan fingerprint density at radius 2 is 1.60 bits per heavy atom. The van der Waals surface area contributed by atoms with E-state index in [0.29, 0.717) is 5.69 Å². The lowest BCUT2D eigenvalue weighted by atomic mass is 10.0. The van der Waals surface area contributed by atoms with E-state index in [4.69, 9.17) is 5.11 Å². The van der Waals surface area contributed by atoms with Gasteiger partial charge in [-0.1, -0.05) is 48.5 Å². The van der Waals surface area contributed by atoms with Crippen LogP contribution in [0.2, 0.25) is 0 Å². The number of hydrogen-bond acceptors (Lipinski definition) is 2. The summed E-state index contributed by atoms with van der Waals surface area (Å²) in [6.07, 6.45) is 0. The first-order valence-corrected chi connectivity index (χ1v) is 6.27. The molecule has 2 rings (SSSR count). The predicted octanol–water partition coefficient (Wildman–Crippen LogP) is 3.01. The summed E-state index contributed by atoms with van der Waals surface area (Å²) >= 11 is 0. The number of nitrogens with one attached hydrogen (secondary N) is 1. The average molecular weight is 269 g/mol. The quantitative estimate of drug-likeness (QED) is 0.838. The highest BCUT2D eigenvalue weighted by atomic mass is 16.4. The van der Waals surface area contributed by atoms with Gasteiger partial charge in [-0.3, -0.25) is 9.59 Å². The fourth-order valence-electron chi connectivity index (χ4n) is 1.81. The Bertz CT molecular complexity index is 623. The summed E-state index contributed by atoms with van der Waals surface area (Å²) in [4.78, 5) is 22.7. The zero-order valence-electron chi connectivity index (χ0n) is 11.0. The largest absolute Gasteiger partial charge is 0.481 e. The van der Waals surface area contributed by atoms with E-state index in [-0.39, 0.29) is 0 Å². The predicted molar refractivity (Wildman–Crippen MR) is 77.3 cm³/mol. The maximum Gasteiger partial charge on any atom is 0.315 e. The average Bonchev–Trinajstić information content (AvgIpc) is 2.47. The molecule has 1 unspecified atom stereocenters. The van der Waals surface area contributed by atoms with E-state index in [0.717, 1.165) is 11.1 Å². The first-order valence-electron chi connectivity index (χ1n) is 6.27. The van der Waals surface area contributed by atoms with Gasteiger partial charge in [0.05, 0.1) is 0 Å². The number of anilines is 1. The molecule has 0 fully saturated rings. The number of benzene rings is 2. The molecule has 0 saturated carbocycles. The van der Waals surface area contributed by atoms with Crippen molar-refractivity contribution in [3.8, 4) is 11.1 Å². The highest BCUT2D eigenvalue weighted by Crippen LogP contribution is 2.27. The molecule has 1 atom stereocenters. The summed E-state index contributed by atoms with van der Waals surface area (Å²) < 4.78 is 0. The summed E-state index contributed by atoms with van der Waals surface area (Å²) in [7, 11) is 0. The highest BCUT2D eigenvalue weighted by molar-refractivity contribution is 6.05. The molecular formula is C16H15NO3. The third-order valence-corrected chi connectivity index (χ3v) is 3.03. The minimum absolute atomic E-state index is 0.527. The Morgan fingerprint density at radius 1 is 1.00 bits per heavy atom. The molecule has 0 aliphatic rings. The van der Waals surface area contributed by atoms with Crippen LogP contribution >= 0.6 is 0 Å². The second-order valence-corrected chi connectivity index (χ2v) is 4.46. The number of carbonyl (C=O) groups excluding carboxylic acids is 1. The van der Waals surface area contributed by atoms with Crippen LogP contribution in [0.5, 0.6) is 0 Å². The van der Waals surface area contributed by atoms with Crippen molar-refractivity contribution < 1.29 is 14.7 Å². The second-order valence-electron chi connectivity index (χ2n) is 4.46. The van der Waals surface area contributed by atoms with Crippen LogP contribution in [0.1, 0.15) is 6.92 Å². The lowest BCUT2D eigenvalue weighted by Crippen LogP contribution is -2.27. The van der Waals surface area contributed by atoms with Crippen molar-refractivity contribution in [2.24, 2.45) is 5.92 Å². The molecule has 0 spiro atoms. The molecule has 4 nitrogen and oxygen atoms in total. The van der Waals surface area contributed by atoms with Crippen LogP contribution in [0, 0.1) is 5.92 Å². The second kappa shape index (κ2) is 6.02. The number of aliphatic carboxylic acids is 1. The number of rotatable bonds is 4. The van der Waals surface area contributed by atoms with Gasteiger partial charge < -0.3 is 10.4 Å². The standard InChI is InChI=1S/C16H15NO3/c1-11(16(19)20)15(18)17-14-10-6-5-9-13(14)12-7-3-2-4-8-12/h2-11H,1H3,(H,17,18)(H,19,20). The molecule has 20 heavy (non-hydrogen) atoms. The Kier molecular flexibility index (Phi) is 4.15. The summed E-state index contributed by atoms with van der Waals surface area (Å²) in [6.45, 7) is 1.36. The van der Waals surface area contributed by atoms with Crippen LogP contribution in [0.15, 0.2) is 54.6 Å². The smallest absolute Gasteiger partial charge is 0.315 e. The maximum absolute atomic E-state index is 11.8. The van der Waals surface area contributed by atoms with Gasteiger partial charge in [-0.2, -0.15) is 0 Å². The number of carbonyl (C=O) groups is 2. The van der Waals surface area contributed by atoms with Gasteiger partial charge in [0.1, 0.15) is 5.92 Å². The van der Waals surface area contributed by atoms with Crippen molar-refractivity contribution in [3.05, 3.63) is 54.6 Å². The van der Waals surface area contributed by atoms with Gasteiger partial charge in [0, 0.05) is 11.3 Å². The molecule has 2 aromatic rings. The fraction of sp³-hybridized carbons (Fsp3) is 0.125. The Morgan fingerprint density at radius 3 is 2.25 bits per heavy atom. The molecule has 0 aliphatic heterocycles. The van der Waals surface area contributed by atoms with Crippen LogP contribution in [0.4, 0.5) is 5.69 Å². The molecule has 0 bridgehead atoms. The first kappa shape index (κ1) is 13.8. The molecule has 2 N–H and O–H groups in total. The normalized spacial score (nSPS) is 11.7. The molecule has 0 heterocycles. The van der Waals surface area contributed by atoms with Crippen molar-refractivity contribution >= 4 is 17.6 Å². The van der Waals surface area contributed by atoms with E-state index in [1.54, 1.807) is 12.1 Å². The number of hydrogen-bond donors (Lipinski definition) is 2. The van der Waals surface area contributed by atoms with Crippen molar-refractivity contribution in [1.29, 1.82) is 0 Å². The topological polar surface area (TPSA) is 66.4 Å². The number of carboxylic acid groups (broad SMARTS) is 1. The zero-order chi connectivity index (χ0) is 14.5. The summed E-state index contributed by atoms with van der Waals surface area (Å²) in [5.41, 5.74) is 2.43. The van der Waals surface area contributed by atoms with E-state index in [9.17, 15) is 9.59 Å². The SMILES string of the molecule is CC(C(=O)O)C(=O)Nc1ccccc1-c1ccccc1. The van der Waals surface area contributed by atoms with Gasteiger partial charge in [0.25, 0.3) is 0 Å². The van der Waals surface area contributed by atoms with Gasteiger partial charge >= 0.3 is 5.97 Å². The minimum atomic E-state index is -1.14. The number of para-hydroxylation sites is 1. The van der Waals surface area contributed by atoms with E-state index < -0.39 is 17.8 Å². The third-order valence-electron chi connectivity index (χ3n) is 3.03. The summed E-state index contributed by atoms with van der Waals surface area (Å²) in [6, 6.07) is 16.9. The van der Waals surface area contributed by atoms with Gasteiger partial charge in [-0.05, 0) is 18.6 Å². The molecule has 4 heteroatoms. The van der Waals surface area contributed by atoms with Gasteiger partial charge in [0.15, 0.2) is 0 Å². The number of carboxylic acids is 1. The van der Waals surface area contributed by atoms with Crippen LogP contribution in [0.3, 0.4) is 0 Å². The monoisotopic (exact) mass is 269 g/mol. The first-order chi connectivity index (χ1) is 9.59. The molecule has 2 aromatic carbocycles. The van der Waals surface area contributed by atoms with Gasteiger partial charge in [0.2, 0.25) is 5.91 Å². The summed E-state index contributed by atoms with van der Waals surface area (Å²) in [5.74, 6) is -2.75. The number of amides is 1. The van der Waals surface area contributed by atoms with Crippen LogP contribution in [-0.4, -0.2) is 17.0 Å². The molecular weight excluding hydrogens is 254 g/mol. The minimum Gasteiger partial charge on any atom is -0.481 e. The van der Waals surface area contributed by atoms with Crippen molar-refractivity contribution in [2.75, 3.05) is 5.32 Å². The Balaban J connectivity index is 2.30. The molecule has 1 amide bonds. The molecule has 0 saturated heterocycles. The maximum atomic E-state index is 11.8. The zero-order valence-corrected chi connectivity index (χ0v) is 11.0. The van der Waals surface area contributed by atoms with E-state index in [2.05, 4.69) is 5.32 Å². The fourth-order valence-corrected chi connectivity index (χ4v) is 1.81. The van der Waals surface area contributed by atoms with Crippen molar-refractivity contribution in [1.82, 2.24) is 0 Å². The van der Waals surface area contributed by atoms with E-state index >= 15 is 0 Å². The Hall–Kier alpha value is -2.62. The molecule has 0 radical (unpaired) electrons. The Labute approximate surface area is 117 Å². The van der Waals surface area contributed by atoms with Crippen LogP contribution in [0.25, 0.3) is 11.1 Å². The molecule has 0 aromatic heterocycles. The molecule has 102 valence electrons.